The summed E-state index contributed by atoms with van der Waals surface area (Å²) in [6.45, 7) is 4.87. The van der Waals surface area contributed by atoms with Gasteiger partial charge in [0.15, 0.2) is 0 Å². The highest BCUT2D eigenvalue weighted by Gasteiger charge is 2.30. The Morgan fingerprint density at radius 1 is 1.12 bits per heavy atom. The molecule has 4 nitrogen and oxygen atoms in total. The van der Waals surface area contributed by atoms with Crippen molar-refractivity contribution in [3.05, 3.63) is 69.2 Å². The van der Waals surface area contributed by atoms with E-state index in [1.807, 2.05) is 26.0 Å². The van der Waals surface area contributed by atoms with Crippen molar-refractivity contribution in [1.29, 1.82) is 0 Å². The molecule has 0 aliphatic rings. The fourth-order valence-electron chi connectivity index (χ4n) is 2.93. The monoisotopic (exact) mass is 489 g/mol. The van der Waals surface area contributed by atoms with Crippen LogP contribution in [0.1, 0.15) is 40.4 Å². The molecule has 0 saturated heterocycles. The molecule has 32 heavy (non-hydrogen) atoms. The molecule has 0 unspecified atom stereocenters. The molecule has 1 amide bonds. The Hall–Kier alpha value is -2.38. The number of hydrogen-bond acceptors (Lipinski definition) is 3. The Bertz CT molecular complexity index is 941. The van der Waals surface area contributed by atoms with Crippen LogP contribution in [-0.4, -0.2) is 25.7 Å². The summed E-state index contributed by atoms with van der Waals surface area (Å²) in [5.41, 5.74) is 1.27. The Balaban J connectivity index is 1.84. The van der Waals surface area contributed by atoms with E-state index in [-0.39, 0.29) is 16.7 Å². The zero-order valence-electron chi connectivity index (χ0n) is 17.7. The lowest BCUT2D eigenvalue weighted by molar-refractivity contribution is -0.137. The first-order valence-corrected chi connectivity index (χ1v) is 10.7. The van der Waals surface area contributed by atoms with Crippen LogP contribution < -0.4 is 14.8 Å². The highest BCUT2D eigenvalue weighted by molar-refractivity contribution is 6.55. The van der Waals surface area contributed by atoms with Crippen molar-refractivity contribution in [2.45, 2.75) is 32.9 Å². The third-order valence-corrected chi connectivity index (χ3v) is 4.83. The summed E-state index contributed by atoms with van der Waals surface area (Å²) in [5.74, 6) is 1.01. The smallest absolute Gasteiger partial charge is 0.416 e. The number of carbonyl (C=O) groups is 1. The number of aryl methyl sites for hydroxylation is 2. The normalized spacial score (nSPS) is 11.1. The van der Waals surface area contributed by atoms with E-state index in [0.29, 0.717) is 25.3 Å². The Kier molecular flexibility index (Phi) is 9.72. The quantitative estimate of drug-likeness (QED) is 0.388. The molecule has 0 aliphatic heterocycles. The van der Waals surface area contributed by atoms with Gasteiger partial charge >= 0.3 is 6.18 Å². The van der Waals surface area contributed by atoms with Crippen LogP contribution in [0.5, 0.6) is 11.5 Å². The van der Waals surface area contributed by atoms with Gasteiger partial charge in [0.1, 0.15) is 22.6 Å². The van der Waals surface area contributed by atoms with Crippen molar-refractivity contribution >= 4 is 29.1 Å². The molecule has 2 aromatic carbocycles. The van der Waals surface area contributed by atoms with Gasteiger partial charge in [-0.25, -0.2) is 0 Å². The van der Waals surface area contributed by atoms with Crippen LogP contribution in [0.25, 0.3) is 0 Å². The molecule has 0 atom stereocenters. The summed E-state index contributed by atoms with van der Waals surface area (Å²) < 4.78 is 49.5. The van der Waals surface area contributed by atoms with Crippen LogP contribution in [0.3, 0.4) is 0 Å². The average molecular weight is 490 g/mol. The number of carbonyl (C=O) groups excluding carboxylic acids is 1. The van der Waals surface area contributed by atoms with Gasteiger partial charge in [0.25, 0.3) is 5.91 Å². The minimum atomic E-state index is -4.43. The molecule has 2 rings (SSSR count). The Labute approximate surface area is 195 Å². The number of hydrogen-bond donors (Lipinski definition) is 1. The van der Waals surface area contributed by atoms with Gasteiger partial charge in [-0.05, 0) is 73.4 Å². The van der Waals surface area contributed by atoms with Crippen molar-refractivity contribution in [3.8, 4) is 11.5 Å². The minimum Gasteiger partial charge on any atom is -0.493 e. The second-order valence-corrected chi connectivity index (χ2v) is 7.93. The van der Waals surface area contributed by atoms with E-state index in [4.69, 9.17) is 32.7 Å². The number of ether oxygens (including phenoxy) is 2. The maximum atomic E-state index is 12.6. The van der Waals surface area contributed by atoms with Gasteiger partial charge < -0.3 is 14.8 Å². The molecule has 2 aromatic rings. The summed E-state index contributed by atoms with van der Waals surface area (Å²) in [6, 6.07) is 7.85. The van der Waals surface area contributed by atoms with Gasteiger partial charge in [-0.3, -0.25) is 4.79 Å². The Morgan fingerprint density at radius 3 is 2.41 bits per heavy atom. The summed E-state index contributed by atoms with van der Waals surface area (Å²) in [6.07, 6.45) is -1.61. The van der Waals surface area contributed by atoms with Gasteiger partial charge in [0.05, 0.1) is 12.2 Å². The lowest BCUT2D eigenvalue weighted by Gasteiger charge is -2.16. The predicted molar refractivity (Wildman–Crippen MR) is 120 cm³/mol. The highest BCUT2D eigenvalue weighted by Crippen LogP contribution is 2.30. The van der Waals surface area contributed by atoms with E-state index in [9.17, 15) is 18.0 Å². The second-order valence-electron chi connectivity index (χ2n) is 6.92. The lowest BCUT2D eigenvalue weighted by Crippen LogP contribution is -2.25. The molecule has 0 radical (unpaired) electrons. The summed E-state index contributed by atoms with van der Waals surface area (Å²) in [7, 11) is 0. The van der Waals surface area contributed by atoms with E-state index < -0.39 is 17.6 Å². The minimum absolute atomic E-state index is 0.141. The van der Waals surface area contributed by atoms with Crippen LogP contribution in [0.15, 0.2) is 47.0 Å². The zero-order valence-corrected chi connectivity index (χ0v) is 19.2. The molecule has 0 spiro atoms. The van der Waals surface area contributed by atoms with Crippen LogP contribution in [0.4, 0.5) is 13.2 Å². The summed E-state index contributed by atoms with van der Waals surface area (Å²) in [4.78, 5) is 12.1. The maximum Gasteiger partial charge on any atom is 0.416 e. The third kappa shape index (κ3) is 7.95. The first kappa shape index (κ1) is 25.9. The van der Waals surface area contributed by atoms with Gasteiger partial charge in [0.2, 0.25) is 0 Å². The summed E-state index contributed by atoms with van der Waals surface area (Å²) in [5, 5.41) is 2.68. The molecule has 1 N–H and O–H groups in total. The largest absolute Gasteiger partial charge is 0.493 e. The van der Waals surface area contributed by atoms with Crippen molar-refractivity contribution < 1.29 is 27.4 Å². The molecular formula is C23H24Cl2F3NO3. The van der Waals surface area contributed by atoms with Crippen molar-refractivity contribution in [2.75, 3.05) is 19.8 Å². The second kappa shape index (κ2) is 12.0. The molecule has 174 valence electrons. The van der Waals surface area contributed by atoms with Gasteiger partial charge in [-0.15, -0.1) is 0 Å². The van der Waals surface area contributed by atoms with E-state index in [0.717, 1.165) is 47.6 Å². The Morgan fingerprint density at radius 2 is 1.81 bits per heavy atom. The van der Waals surface area contributed by atoms with Crippen LogP contribution >= 0.6 is 23.2 Å². The van der Waals surface area contributed by atoms with E-state index in [1.54, 1.807) is 6.08 Å². The number of alkyl halides is 3. The number of benzene rings is 2. The van der Waals surface area contributed by atoms with Gasteiger partial charge in [-0.2, -0.15) is 13.2 Å². The van der Waals surface area contributed by atoms with E-state index >= 15 is 0 Å². The number of rotatable bonds is 10. The fraction of sp³-hybridized carbons (Fsp3) is 0.348. The van der Waals surface area contributed by atoms with Gasteiger partial charge in [0, 0.05) is 12.1 Å². The third-order valence-electron chi connectivity index (χ3n) is 4.52. The predicted octanol–water partition coefficient (Wildman–Crippen LogP) is 6.47. The fourth-order valence-corrected chi connectivity index (χ4v) is 3.05. The number of halogens is 5. The van der Waals surface area contributed by atoms with Crippen molar-refractivity contribution in [2.24, 2.45) is 0 Å². The summed E-state index contributed by atoms with van der Waals surface area (Å²) >= 11 is 11.2. The molecule has 0 heterocycles. The van der Waals surface area contributed by atoms with Crippen LogP contribution in [-0.2, 0) is 12.6 Å². The molecular weight excluding hydrogens is 466 g/mol. The molecule has 0 aliphatic carbocycles. The lowest BCUT2D eigenvalue weighted by atomic mass is 10.1. The first-order valence-electron chi connectivity index (χ1n) is 9.97. The molecule has 0 aromatic heterocycles. The van der Waals surface area contributed by atoms with E-state index in [1.165, 1.54) is 0 Å². The molecule has 0 saturated carbocycles. The maximum absolute atomic E-state index is 12.6. The molecule has 0 bridgehead atoms. The molecule has 9 heteroatoms. The molecule has 0 fully saturated rings. The van der Waals surface area contributed by atoms with E-state index in [2.05, 4.69) is 5.32 Å². The van der Waals surface area contributed by atoms with Gasteiger partial charge in [-0.1, -0.05) is 30.1 Å². The van der Waals surface area contributed by atoms with Crippen molar-refractivity contribution in [3.63, 3.8) is 0 Å². The first-order chi connectivity index (χ1) is 15.1. The van der Waals surface area contributed by atoms with Crippen LogP contribution in [0.2, 0.25) is 0 Å². The standard InChI is InChI=1S/C23H24Cl2F3NO3/c1-3-16-14-19(31-12-9-20(24)25)13-15(2)21(16)32-11-4-10-29-22(30)17-5-7-18(8-6-17)23(26,27)28/h5-9,13-14H,3-4,10-12H2,1-2H3,(H,29,30). The number of nitrogens with one attached hydrogen (secondary N) is 1. The highest BCUT2D eigenvalue weighted by atomic mass is 35.5. The number of amides is 1. The topological polar surface area (TPSA) is 47.6 Å². The zero-order chi connectivity index (χ0) is 23.7. The van der Waals surface area contributed by atoms with Crippen molar-refractivity contribution in [1.82, 2.24) is 5.32 Å². The average Bonchev–Trinajstić information content (AvgIpc) is 2.73. The SMILES string of the molecule is CCc1cc(OCC=C(Cl)Cl)cc(C)c1OCCCNC(=O)c1ccc(C(F)(F)F)cc1. The van der Waals surface area contributed by atoms with Crippen LogP contribution in [0, 0.1) is 6.92 Å².